The molecule has 0 heterocycles. The predicted molar refractivity (Wildman–Crippen MR) is 90.5 cm³/mol. The second-order valence-corrected chi connectivity index (χ2v) is 7.29. The highest BCUT2D eigenvalue weighted by atomic mass is 32.2. The highest BCUT2D eigenvalue weighted by molar-refractivity contribution is 7.92. The second kappa shape index (κ2) is 8.53. The molecule has 23 heavy (non-hydrogen) atoms. The van der Waals surface area contributed by atoms with Gasteiger partial charge in [-0.05, 0) is 18.6 Å². The molecule has 0 aliphatic heterocycles. The third-order valence-corrected chi connectivity index (χ3v) is 4.68. The summed E-state index contributed by atoms with van der Waals surface area (Å²) in [6.45, 7) is 2.72. The Kier molecular flexibility index (Phi) is 7.04. The summed E-state index contributed by atoms with van der Waals surface area (Å²) in [7, 11) is -1.86. The van der Waals surface area contributed by atoms with Gasteiger partial charge in [-0.1, -0.05) is 25.5 Å². The standard InChI is InChI=1S/C16H23N3O3S/c1-4-5-11-18(2)16(20)10-12-19(23(3,21)22)15-9-7-6-8-14(15)13-17/h6-9H,4-5,10-12H2,1-3H3. The Bertz CT molecular complexity index is 680. The zero-order chi connectivity index (χ0) is 17.5. The fourth-order valence-corrected chi connectivity index (χ4v) is 3.10. The third-order valence-electron chi connectivity index (χ3n) is 3.50. The summed E-state index contributed by atoms with van der Waals surface area (Å²) in [5, 5.41) is 9.15. The summed E-state index contributed by atoms with van der Waals surface area (Å²) in [5.74, 6) is -0.110. The molecule has 0 aromatic heterocycles. The van der Waals surface area contributed by atoms with Gasteiger partial charge >= 0.3 is 0 Å². The van der Waals surface area contributed by atoms with Crippen LogP contribution in [-0.2, 0) is 14.8 Å². The van der Waals surface area contributed by atoms with E-state index in [1.54, 1.807) is 36.2 Å². The van der Waals surface area contributed by atoms with Crippen LogP contribution in [0.15, 0.2) is 24.3 Å². The SMILES string of the molecule is CCCCN(C)C(=O)CCN(c1ccccc1C#N)S(C)(=O)=O. The van der Waals surface area contributed by atoms with Crippen molar-refractivity contribution >= 4 is 21.6 Å². The number of hydrogen-bond donors (Lipinski definition) is 0. The average molecular weight is 337 g/mol. The fraction of sp³-hybridized carbons (Fsp3) is 0.500. The first-order chi connectivity index (χ1) is 10.8. The molecular formula is C16H23N3O3S. The van der Waals surface area contributed by atoms with Gasteiger partial charge in [0.25, 0.3) is 0 Å². The minimum atomic E-state index is -3.58. The number of nitrogens with zero attached hydrogens (tertiary/aromatic N) is 3. The van der Waals surface area contributed by atoms with E-state index in [9.17, 15) is 13.2 Å². The van der Waals surface area contributed by atoms with Gasteiger partial charge in [0.05, 0.1) is 17.5 Å². The number of nitriles is 1. The van der Waals surface area contributed by atoms with Gasteiger partial charge in [0, 0.05) is 26.6 Å². The molecule has 7 heteroatoms. The molecule has 0 bridgehead atoms. The molecule has 1 aromatic rings. The molecule has 0 saturated carbocycles. The highest BCUT2D eigenvalue weighted by Crippen LogP contribution is 2.22. The average Bonchev–Trinajstić information content (AvgIpc) is 2.51. The lowest BCUT2D eigenvalue weighted by Gasteiger charge is -2.24. The first-order valence-corrected chi connectivity index (χ1v) is 9.37. The number of rotatable bonds is 8. The molecule has 1 aromatic carbocycles. The quantitative estimate of drug-likeness (QED) is 0.726. The van der Waals surface area contributed by atoms with Crippen molar-refractivity contribution in [2.24, 2.45) is 0 Å². The molecule has 0 aliphatic rings. The Morgan fingerprint density at radius 3 is 2.48 bits per heavy atom. The van der Waals surface area contributed by atoms with Gasteiger partial charge in [-0.25, -0.2) is 8.42 Å². The van der Waals surface area contributed by atoms with E-state index in [-0.39, 0.29) is 24.4 Å². The smallest absolute Gasteiger partial charge is 0.232 e. The van der Waals surface area contributed by atoms with Crippen molar-refractivity contribution in [3.8, 4) is 6.07 Å². The van der Waals surface area contributed by atoms with Crippen molar-refractivity contribution in [3.63, 3.8) is 0 Å². The van der Waals surface area contributed by atoms with E-state index in [0.29, 0.717) is 12.2 Å². The lowest BCUT2D eigenvalue weighted by molar-refractivity contribution is -0.129. The summed E-state index contributed by atoms with van der Waals surface area (Å²) in [4.78, 5) is 13.7. The largest absolute Gasteiger partial charge is 0.346 e. The van der Waals surface area contributed by atoms with Crippen LogP contribution in [0.1, 0.15) is 31.7 Å². The molecular weight excluding hydrogens is 314 g/mol. The van der Waals surface area contributed by atoms with Gasteiger partial charge in [0.1, 0.15) is 6.07 Å². The van der Waals surface area contributed by atoms with Crippen LogP contribution < -0.4 is 4.31 Å². The van der Waals surface area contributed by atoms with Crippen molar-refractivity contribution in [1.29, 1.82) is 5.26 Å². The predicted octanol–water partition coefficient (Wildman–Crippen LogP) is 1.97. The number of carbonyl (C=O) groups excluding carboxylic acids is 1. The van der Waals surface area contributed by atoms with Crippen molar-refractivity contribution in [1.82, 2.24) is 4.90 Å². The van der Waals surface area contributed by atoms with Crippen LogP contribution in [0.3, 0.4) is 0 Å². The topological polar surface area (TPSA) is 81.5 Å². The molecule has 0 saturated heterocycles. The Morgan fingerprint density at radius 2 is 1.91 bits per heavy atom. The van der Waals surface area contributed by atoms with Crippen molar-refractivity contribution in [2.75, 3.05) is 30.7 Å². The fourth-order valence-electron chi connectivity index (χ4n) is 2.16. The van der Waals surface area contributed by atoms with E-state index in [2.05, 4.69) is 0 Å². The molecule has 0 atom stereocenters. The van der Waals surface area contributed by atoms with Crippen LogP contribution in [0, 0.1) is 11.3 Å². The van der Waals surface area contributed by atoms with E-state index < -0.39 is 10.0 Å². The maximum atomic E-state index is 12.1. The normalized spacial score (nSPS) is 10.9. The van der Waals surface area contributed by atoms with E-state index in [1.165, 1.54) is 0 Å². The van der Waals surface area contributed by atoms with Gasteiger partial charge in [-0.15, -0.1) is 0 Å². The summed E-state index contributed by atoms with van der Waals surface area (Å²) in [5.41, 5.74) is 0.575. The zero-order valence-corrected chi connectivity index (χ0v) is 14.6. The first kappa shape index (κ1) is 19.0. The number of sulfonamides is 1. The maximum absolute atomic E-state index is 12.1. The van der Waals surface area contributed by atoms with E-state index in [4.69, 9.17) is 5.26 Å². The number of benzene rings is 1. The minimum Gasteiger partial charge on any atom is -0.346 e. The Balaban J connectivity index is 2.90. The Morgan fingerprint density at radius 1 is 1.26 bits per heavy atom. The van der Waals surface area contributed by atoms with Crippen LogP contribution in [0.4, 0.5) is 5.69 Å². The Hall–Kier alpha value is -2.07. The van der Waals surface area contributed by atoms with Crippen LogP contribution in [-0.4, -0.2) is 45.6 Å². The van der Waals surface area contributed by atoms with Crippen molar-refractivity contribution < 1.29 is 13.2 Å². The molecule has 0 N–H and O–H groups in total. The third kappa shape index (κ3) is 5.57. The highest BCUT2D eigenvalue weighted by Gasteiger charge is 2.21. The number of unbranched alkanes of at least 4 members (excludes halogenated alkanes) is 1. The van der Waals surface area contributed by atoms with E-state index in [1.807, 2.05) is 13.0 Å². The first-order valence-electron chi connectivity index (χ1n) is 7.52. The van der Waals surface area contributed by atoms with Gasteiger partial charge in [0.2, 0.25) is 15.9 Å². The molecule has 0 aliphatic carbocycles. The molecule has 0 radical (unpaired) electrons. The summed E-state index contributed by atoms with van der Waals surface area (Å²) < 4.78 is 25.2. The molecule has 126 valence electrons. The number of para-hydroxylation sites is 1. The second-order valence-electron chi connectivity index (χ2n) is 5.38. The number of hydrogen-bond acceptors (Lipinski definition) is 4. The number of amides is 1. The zero-order valence-electron chi connectivity index (χ0n) is 13.8. The lowest BCUT2D eigenvalue weighted by Crippen LogP contribution is -2.36. The minimum absolute atomic E-state index is 0.0207. The van der Waals surface area contributed by atoms with E-state index >= 15 is 0 Å². The van der Waals surface area contributed by atoms with Gasteiger partial charge < -0.3 is 4.90 Å². The van der Waals surface area contributed by atoms with Crippen LogP contribution in [0.5, 0.6) is 0 Å². The molecule has 0 fully saturated rings. The molecule has 1 rings (SSSR count). The summed E-state index contributed by atoms with van der Waals surface area (Å²) in [6, 6.07) is 8.46. The molecule has 6 nitrogen and oxygen atoms in total. The van der Waals surface area contributed by atoms with Gasteiger partial charge in [-0.2, -0.15) is 5.26 Å². The monoisotopic (exact) mass is 337 g/mol. The van der Waals surface area contributed by atoms with Crippen LogP contribution in [0.2, 0.25) is 0 Å². The summed E-state index contributed by atoms with van der Waals surface area (Å²) in [6.07, 6.45) is 3.05. The summed E-state index contributed by atoms with van der Waals surface area (Å²) >= 11 is 0. The van der Waals surface area contributed by atoms with Gasteiger partial charge in [0.15, 0.2) is 0 Å². The van der Waals surface area contributed by atoms with Crippen molar-refractivity contribution in [3.05, 3.63) is 29.8 Å². The Labute approximate surface area is 138 Å². The number of anilines is 1. The van der Waals surface area contributed by atoms with Crippen LogP contribution in [0.25, 0.3) is 0 Å². The van der Waals surface area contributed by atoms with Crippen molar-refractivity contribution in [2.45, 2.75) is 26.2 Å². The van der Waals surface area contributed by atoms with Gasteiger partial charge in [-0.3, -0.25) is 9.10 Å². The van der Waals surface area contributed by atoms with Crippen LogP contribution >= 0.6 is 0 Å². The van der Waals surface area contributed by atoms with E-state index in [0.717, 1.165) is 23.4 Å². The lowest BCUT2D eigenvalue weighted by atomic mass is 10.2. The number of carbonyl (C=O) groups is 1. The molecule has 0 unspecified atom stereocenters. The maximum Gasteiger partial charge on any atom is 0.232 e. The molecule has 0 spiro atoms. The molecule has 1 amide bonds.